The van der Waals surface area contributed by atoms with Crippen molar-refractivity contribution < 1.29 is 19.2 Å². The van der Waals surface area contributed by atoms with Crippen LogP contribution in [0.1, 0.15) is 49.4 Å². The summed E-state index contributed by atoms with van der Waals surface area (Å²) in [5.74, 6) is -0.121. The van der Waals surface area contributed by atoms with E-state index in [0.717, 1.165) is 42.3 Å². The number of nitrogens with zero attached hydrogens (tertiary/aromatic N) is 3. The molecule has 0 saturated carbocycles. The molecular formula is C26H33N5O4S. The van der Waals surface area contributed by atoms with Crippen LogP contribution in [0, 0.1) is 5.41 Å². The number of rotatable bonds is 4. The lowest BCUT2D eigenvalue weighted by atomic mass is 9.77. The van der Waals surface area contributed by atoms with Crippen molar-refractivity contribution in [1.29, 1.82) is 0 Å². The molecule has 4 heterocycles. The minimum Gasteiger partial charge on any atom is -0.341 e. The van der Waals surface area contributed by atoms with Gasteiger partial charge in [0.2, 0.25) is 11.8 Å². The van der Waals surface area contributed by atoms with Gasteiger partial charge in [0.05, 0.1) is 11.0 Å². The summed E-state index contributed by atoms with van der Waals surface area (Å²) < 4.78 is 0.956. The number of imide groups is 1. The summed E-state index contributed by atoms with van der Waals surface area (Å²) in [7, 11) is 1.55. The van der Waals surface area contributed by atoms with Crippen molar-refractivity contribution in [3.8, 4) is 0 Å². The van der Waals surface area contributed by atoms with Gasteiger partial charge in [-0.1, -0.05) is 18.2 Å². The third-order valence-electron chi connectivity index (χ3n) is 7.94. The Morgan fingerprint density at radius 1 is 1.14 bits per heavy atom. The van der Waals surface area contributed by atoms with E-state index in [4.69, 9.17) is 0 Å². The summed E-state index contributed by atoms with van der Waals surface area (Å²) in [5, 5.41) is 6.79. The van der Waals surface area contributed by atoms with Gasteiger partial charge in [0.15, 0.2) is 0 Å². The van der Waals surface area contributed by atoms with Crippen LogP contribution in [0.2, 0.25) is 0 Å². The van der Waals surface area contributed by atoms with Crippen LogP contribution in [0.25, 0.3) is 10.1 Å². The highest BCUT2D eigenvalue weighted by Crippen LogP contribution is 2.42. The molecule has 1 atom stereocenters. The summed E-state index contributed by atoms with van der Waals surface area (Å²) >= 11 is 1.41. The number of piperidine rings is 2. The Balaban J connectivity index is 1.28. The molecule has 0 bridgehead atoms. The van der Waals surface area contributed by atoms with E-state index in [0.29, 0.717) is 43.2 Å². The molecule has 2 aromatic rings. The maximum atomic E-state index is 13.7. The number of likely N-dealkylation sites (tertiary alicyclic amines) is 3. The third-order valence-corrected chi connectivity index (χ3v) is 9.03. The van der Waals surface area contributed by atoms with Gasteiger partial charge in [-0.2, -0.15) is 0 Å². The van der Waals surface area contributed by atoms with Crippen molar-refractivity contribution in [2.24, 2.45) is 5.41 Å². The normalized spacial score (nSPS) is 23.6. The van der Waals surface area contributed by atoms with Crippen LogP contribution in [0.3, 0.4) is 0 Å². The fourth-order valence-corrected chi connectivity index (χ4v) is 7.17. The molecule has 1 unspecified atom stereocenters. The molecule has 0 radical (unpaired) electrons. The lowest BCUT2D eigenvalue weighted by Crippen LogP contribution is -2.54. The van der Waals surface area contributed by atoms with E-state index in [-0.39, 0.29) is 29.8 Å². The second kappa shape index (κ2) is 9.82. The average Bonchev–Trinajstić information content (AvgIpc) is 3.36. The number of amides is 5. The first-order chi connectivity index (χ1) is 17.4. The van der Waals surface area contributed by atoms with Crippen LogP contribution >= 0.6 is 11.3 Å². The summed E-state index contributed by atoms with van der Waals surface area (Å²) in [6.45, 7) is 5.07. The van der Waals surface area contributed by atoms with E-state index in [1.54, 1.807) is 7.05 Å². The van der Waals surface area contributed by atoms with E-state index < -0.39 is 5.41 Å². The monoisotopic (exact) mass is 511 g/mol. The summed E-state index contributed by atoms with van der Waals surface area (Å²) in [4.78, 5) is 56.8. The van der Waals surface area contributed by atoms with Crippen molar-refractivity contribution in [2.45, 2.75) is 45.1 Å². The molecule has 10 heteroatoms. The Bertz CT molecular complexity index is 1200. The Morgan fingerprint density at radius 3 is 2.58 bits per heavy atom. The van der Waals surface area contributed by atoms with Crippen molar-refractivity contribution in [3.63, 3.8) is 0 Å². The lowest BCUT2D eigenvalue weighted by Gasteiger charge is -2.45. The van der Waals surface area contributed by atoms with Crippen molar-refractivity contribution in [2.75, 3.05) is 45.1 Å². The zero-order valence-corrected chi connectivity index (χ0v) is 21.7. The zero-order valence-electron chi connectivity index (χ0n) is 20.8. The first kappa shape index (κ1) is 24.7. The van der Waals surface area contributed by atoms with E-state index in [1.165, 1.54) is 16.2 Å². The lowest BCUT2D eigenvalue weighted by molar-refractivity contribution is -0.143. The van der Waals surface area contributed by atoms with Crippen LogP contribution in [-0.2, 0) is 9.59 Å². The second-order valence-corrected chi connectivity index (χ2v) is 11.1. The number of thiophene rings is 1. The fourth-order valence-electron chi connectivity index (χ4n) is 6.08. The summed E-state index contributed by atoms with van der Waals surface area (Å²) in [6.07, 6.45) is 3.64. The van der Waals surface area contributed by atoms with Gasteiger partial charge in [-0.3, -0.25) is 29.5 Å². The number of anilines is 1. The molecule has 1 aromatic heterocycles. The Kier molecular flexibility index (Phi) is 6.74. The first-order valence-corrected chi connectivity index (χ1v) is 13.6. The number of nitrogens with one attached hydrogen (secondary N) is 2. The predicted molar refractivity (Wildman–Crippen MR) is 139 cm³/mol. The standard InChI is InChI=1S/C26H33N5O4S/c1-3-31-20(32)15-26(24(31)34)11-6-12-30(16-26)17-9-13-29(14-10-17)23(33)21-18-7-4-5-8-19(18)36-22(21)28-25(35)27-2/h4-5,7-8,17H,3,6,9-16H2,1-2H3,(H2,27,28,35). The minimum absolute atomic E-state index is 0.00667. The van der Waals surface area contributed by atoms with Crippen molar-refractivity contribution in [1.82, 2.24) is 20.0 Å². The second-order valence-electron chi connectivity index (χ2n) is 10.0. The van der Waals surface area contributed by atoms with E-state index >= 15 is 0 Å². The van der Waals surface area contributed by atoms with Crippen LogP contribution in [0.15, 0.2) is 24.3 Å². The number of carbonyl (C=O) groups is 4. The first-order valence-electron chi connectivity index (χ1n) is 12.8. The molecule has 3 aliphatic rings. The van der Waals surface area contributed by atoms with E-state index in [9.17, 15) is 19.2 Å². The van der Waals surface area contributed by atoms with Gasteiger partial charge < -0.3 is 10.2 Å². The van der Waals surface area contributed by atoms with Crippen LogP contribution in [0.4, 0.5) is 9.80 Å². The van der Waals surface area contributed by atoms with Crippen LogP contribution < -0.4 is 10.6 Å². The van der Waals surface area contributed by atoms with Gasteiger partial charge in [0.1, 0.15) is 5.00 Å². The highest BCUT2D eigenvalue weighted by Gasteiger charge is 2.53. The molecule has 5 amide bonds. The van der Waals surface area contributed by atoms with Gasteiger partial charge >= 0.3 is 6.03 Å². The number of hydrogen-bond donors (Lipinski definition) is 2. The number of benzene rings is 1. The SMILES string of the molecule is CCN1C(=O)CC2(CCCN(C3CCN(C(=O)c4c(NC(=O)NC)sc5ccccc45)CC3)C2)C1=O. The van der Waals surface area contributed by atoms with Gasteiger partial charge in [-0.05, 0) is 45.2 Å². The number of hydrogen-bond acceptors (Lipinski definition) is 6. The van der Waals surface area contributed by atoms with Crippen molar-refractivity contribution >= 4 is 50.2 Å². The molecule has 36 heavy (non-hydrogen) atoms. The summed E-state index contributed by atoms with van der Waals surface area (Å²) in [5.41, 5.74) is -0.0294. The Hall–Kier alpha value is -2.98. The Labute approximate surface area is 214 Å². The molecule has 5 rings (SSSR count). The summed E-state index contributed by atoms with van der Waals surface area (Å²) in [6, 6.07) is 7.65. The third kappa shape index (κ3) is 4.26. The molecule has 1 aromatic carbocycles. The van der Waals surface area contributed by atoms with Crippen LogP contribution in [-0.4, -0.2) is 84.3 Å². The van der Waals surface area contributed by atoms with Gasteiger partial charge in [0.25, 0.3) is 5.91 Å². The average molecular weight is 512 g/mol. The smallest absolute Gasteiger partial charge is 0.319 e. The molecule has 3 saturated heterocycles. The Morgan fingerprint density at radius 2 is 1.89 bits per heavy atom. The largest absolute Gasteiger partial charge is 0.341 e. The molecule has 3 fully saturated rings. The molecular weight excluding hydrogens is 478 g/mol. The number of urea groups is 1. The molecule has 9 nitrogen and oxygen atoms in total. The fraction of sp³-hybridized carbons (Fsp3) is 0.538. The number of fused-ring (bicyclic) bond motifs is 1. The van der Waals surface area contributed by atoms with Crippen molar-refractivity contribution in [3.05, 3.63) is 29.8 Å². The van der Waals surface area contributed by atoms with E-state index in [1.807, 2.05) is 36.1 Å². The van der Waals surface area contributed by atoms with E-state index in [2.05, 4.69) is 15.5 Å². The zero-order chi connectivity index (χ0) is 25.4. The highest BCUT2D eigenvalue weighted by molar-refractivity contribution is 7.23. The number of carbonyl (C=O) groups excluding carboxylic acids is 4. The molecule has 0 aliphatic carbocycles. The topological polar surface area (TPSA) is 102 Å². The maximum Gasteiger partial charge on any atom is 0.319 e. The molecule has 1 spiro atoms. The minimum atomic E-state index is -0.575. The quantitative estimate of drug-likeness (QED) is 0.614. The molecule has 2 N–H and O–H groups in total. The maximum absolute atomic E-state index is 13.7. The van der Waals surface area contributed by atoms with Gasteiger partial charge in [0, 0.05) is 55.8 Å². The molecule has 3 aliphatic heterocycles. The van der Waals surface area contributed by atoms with Gasteiger partial charge in [-0.25, -0.2) is 4.79 Å². The predicted octanol–water partition coefficient (Wildman–Crippen LogP) is 3.12. The molecule has 192 valence electrons. The van der Waals surface area contributed by atoms with Crippen LogP contribution in [0.5, 0.6) is 0 Å². The van der Waals surface area contributed by atoms with Gasteiger partial charge in [-0.15, -0.1) is 11.3 Å². The highest BCUT2D eigenvalue weighted by atomic mass is 32.1.